The molecule has 1 aliphatic heterocycles. The van der Waals surface area contributed by atoms with Crippen LogP contribution >= 0.6 is 11.3 Å². The van der Waals surface area contributed by atoms with Crippen LogP contribution in [0.1, 0.15) is 24.6 Å². The Morgan fingerprint density at radius 1 is 1.57 bits per heavy atom. The van der Waals surface area contributed by atoms with E-state index in [1.165, 1.54) is 4.88 Å². The number of rotatable bonds is 1. The topological polar surface area (TPSA) is 20.3 Å². The second kappa shape index (κ2) is 3.48. The first-order valence-corrected chi connectivity index (χ1v) is 5.78. The van der Waals surface area contributed by atoms with Crippen LogP contribution in [-0.4, -0.2) is 24.3 Å². The van der Waals surface area contributed by atoms with Crippen molar-refractivity contribution in [3.63, 3.8) is 0 Å². The second-order valence-electron chi connectivity index (χ2n) is 4.14. The molecule has 0 aliphatic carbocycles. The monoisotopic (exact) mass is 209 g/mol. The summed E-state index contributed by atoms with van der Waals surface area (Å²) >= 11 is 1.74. The number of ketones is 1. The zero-order chi connectivity index (χ0) is 10.2. The molecule has 0 aromatic carbocycles. The van der Waals surface area contributed by atoms with E-state index in [1.54, 1.807) is 11.3 Å². The molecule has 1 atom stereocenters. The number of nitrogens with zero attached hydrogens (tertiary/aromatic N) is 1. The van der Waals surface area contributed by atoms with Crippen LogP contribution in [0.3, 0.4) is 0 Å². The maximum atomic E-state index is 11.5. The van der Waals surface area contributed by atoms with E-state index in [0.29, 0.717) is 18.6 Å². The van der Waals surface area contributed by atoms with Crippen molar-refractivity contribution in [1.29, 1.82) is 0 Å². The van der Waals surface area contributed by atoms with Crippen LogP contribution in [0.25, 0.3) is 0 Å². The van der Waals surface area contributed by atoms with E-state index < -0.39 is 0 Å². The number of thiophene rings is 1. The van der Waals surface area contributed by atoms with E-state index in [1.807, 2.05) is 0 Å². The molecule has 0 spiro atoms. The normalized spacial score (nSPS) is 29.4. The molecule has 14 heavy (non-hydrogen) atoms. The van der Waals surface area contributed by atoms with Gasteiger partial charge in [-0.15, -0.1) is 11.3 Å². The van der Waals surface area contributed by atoms with Gasteiger partial charge in [0.1, 0.15) is 5.78 Å². The summed E-state index contributed by atoms with van der Waals surface area (Å²) in [6.45, 7) is 3.04. The molecule has 1 fully saturated rings. The lowest BCUT2D eigenvalue weighted by atomic mass is 9.87. The molecule has 0 bridgehead atoms. The Balaban J connectivity index is 2.32. The van der Waals surface area contributed by atoms with E-state index in [9.17, 15) is 4.79 Å². The van der Waals surface area contributed by atoms with E-state index in [2.05, 4.69) is 36.4 Å². The lowest BCUT2D eigenvalue weighted by molar-refractivity contribution is -0.125. The molecule has 2 heterocycles. The van der Waals surface area contributed by atoms with Gasteiger partial charge < -0.3 is 0 Å². The fourth-order valence-electron chi connectivity index (χ4n) is 2.01. The fraction of sp³-hybridized carbons (Fsp3) is 0.545. The van der Waals surface area contributed by atoms with Gasteiger partial charge in [-0.25, -0.2) is 0 Å². The van der Waals surface area contributed by atoms with Gasteiger partial charge in [0.15, 0.2) is 0 Å². The minimum atomic E-state index is -0.0660. The van der Waals surface area contributed by atoms with Crippen molar-refractivity contribution in [2.24, 2.45) is 0 Å². The molecule has 76 valence electrons. The quantitative estimate of drug-likeness (QED) is 0.707. The molecule has 1 aromatic heterocycles. The number of Topliss-reactive ketones (excluding diaryl/α,β-unsaturated/α-hetero) is 1. The van der Waals surface area contributed by atoms with Gasteiger partial charge >= 0.3 is 0 Å². The van der Waals surface area contributed by atoms with Crippen LogP contribution in [0.15, 0.2) is 17.5 Å². The van der Waals surface area contributed by atoms with Crippen molar-refractivity contribution in [3.05, 3.63) is 22.4 Å². The maximum Gasteiger partial charge on any atom is 0.136 e. The largest absolute Gasteiger partial charge is 0.300 e. The molecular weight excluding hydrogens is 194 g/mol. The predicted octanol–water partition coefficient (Wildman–Crippen LogP) is 2.26. The van der Waals surface area contributed by atoms with Crippen LogP contribution < -0.4 is 0 Å². The van der Waals surface area contributed by atoms with Gasteiger partial charge in [0.05, 0.1) is 5.54 Å². The van der Waals surface area contributed by atoms with Crippen molar-refractivity contribution in [3.8, 4) is 0 Å². The van der Waals surface area contributed by atoms with Crippen molar-refractivity contribution in [2.45, 2.75) is 25.3 Å². The average Bonchev–Trinajstić information content (AvgIpc) is 2.65. The zero-order valence-electron chi connectivity index (χ0n) is 8.62. The zero-order valence-corrected chi connectivity index (χ0v) is 9.43. The molecule has 1 aliphatic rings. The second-order valence-corrected chi connectivity index (χ2v) is 5.09. The molecule has 0 amide bonds. The molecule has 2 nitrogen and oxygen atoms in total. The number of carbonyl (C=O) groups is 1. The molecule has 0 N–H and O–H groups in total. The number of hydrogen-bond donors (Lipinski definition) is 0. The average molecular weight is 209 g/mol. The molecule has 1 saturated heterocycles. The molecule has 1 unspecified atom stereocenters. The Morgan fingerprint density at radius 3 is 3.00 bits per heavy atom. The van der Waals surface area contributed by atoms with Crippen LogP contribution in [0.4, 0.5) is 0 Å². The van der Waals surface area contributed by atoms with Crippen LogP contribution in [-0.2, 0) is 10.3 Å². The van der Waals surface area contributed by atoms with E-state index in [-0.39, 0.29) is 5.54 Å². The van der Waals surface area contributed by atoms with Gasteiger partial charge in [0.2, 0.25) is 0 Å². The fourth-order valence-corrected chi connectivity index (χ4v) is 2.95. The SMILES string of the molecule is CN1CCC(=O)CC1(C)c1cccs1. The van der Waals surface area contributed by atoms with Crippen molar-refractivity contribution < 1.29 is 4.79 Å². The van der Waals surface area contributed by atoms with Crippen molar-refractivity contribution in [2.75, 3.05) is 13.6 Å². The van der Waals surface area contributed by atoms with Gasteiger partial charge in [-0.3, -0.25) is 9.69 Å². The molecular formula is C11H15NOS. The Kier molecular flexibility index (Phi) is 2.45. The molecule has 2 rings (SSSR count). The highest BCUT2D eigenvalue weighted by molar-refractivity contribution is 7.10. The number of likely N-dealkylation sites (tertiary alicyclic amines) is 1. The summed E-state index contributed by atoms with van der Waals surface area (Å²) in [5.41, 5.74) is -0.0660. The van der Waals surface area contributed by atoms with Gasteiger partial charge in [-0.2, -0.15) is 0 Å². The van der Waals surface area contributed by atoms with Crippen molar-refractivity contribution in [1.82, 2.24) is 4.90 Å². The van der Waals surface area contributed by atoms with Gasteiger partial charge in [-0.1, -0.05) is 6.07 Å². The highest BCUT2D eigenvalue weighted by Crippen LogP contribution is 2.36. The van der Waals surface area contributed by atoms with E-state index >= 15 is 0 Å². The summed E-state index contributed by atoms with van der Waals surface area (Å²) in [5.74, 6) is 0.388. The summed E-state index contributed by atoms with van der Waals surface area (Å²) < 4.78 is 0. The van der Waals surface area contributed by atoms with Gasteiger partial charge in [-0.05, 0) is 25.4 Å². The summed E-state index contributed by atoms with van der Waals surface area (Å²) in [6, 6.07) is 4.18. The first kappa shape index (κ1) is 9.87. The highest BCUT2D eigenvalue weighted by atomic mass is 32.1. The Bertz CT molecular complexity index is 333. The summed E-state index contributed by atoms with van der Waals surface area (Å²) in [7, 11) is 2.10. The third-order valence-corrected chi connectivity index (χ3v) is 4.28. The lowest BCUT2D eigenvalue weighted by Gasteiger charge is -2.41. The van der Waals surface area contributed by atoms with Crippen LogP contribution in [0.2, 0.25) is 0 Å². The minimum Gasteiger partial charge on any atom is -0.300 e. The molecule has 1 aromatic rings. The van der Waals surface area contributed by atoms with E-state index in [4.69, 9.17) is 0 Å². The third kappa shape index (κ3) is 1.51. The van der Waals surface area contributed by atoms with Gasteiger partial charge in [0.25, 0.3) is 0 Å². The lowest BCUT2D eigenvalue weighted by Crippen LogP contribution is -2.47. The molecule has 0 radical (unpaired) electrons. The van der Waals surface area contributed by atoms with E-state index in [0.717, 1.165) is 6.54 Å². The number of carbonyl (C=O) groups excluding carboxylic acids is 1. The van der Waals surface area contributed by atoms with Crippen LogP contribution in [0, 0.1) is 0 Å². The Hall–Kier alpha value is -0.670. The Morgan fingerprint density at radius 2 is 2.36 bits per heavy atom. The predicted molar refractivity (Wildman–Crippen MR) is 58.5 cm³/mol. The maximum absolute atomic E-state index is 11.5. The highest BCUT2D eigenvalue weighted by Gasteiger charge is 2.37. The van der Waals surface area contributed by atoms with Crippen molar-refractivity contribution >= 4 is 17.1 Å². The standard InChI is InChI=1S/C11H15NOS/c1-11(10-4-3-7-14-10)8-9(13)5-6-12(11)2/h3-4,7H,5-6,8H2,1-2H3. The summed E-state index contributed by atoms with van der Waals surface area (Å²) in [6.07, 6.45) is 1.36. The summed E-state index contributed by atoms with van der Waals surface area (Å²) in [4.78, 5) is 15.1. The third-order valence-electron chi connectivity index (χ3n) is 3.16. The van der Waals surface area contributed by atoms with Crippen LogP contribution in [0.5, 0.6) is 0 Å². The first-order chi connectivity index (χ1) is 6.63. The smallest absolute Gasteiger partial charge is 0.136 e. The number of piperidine rings is 1. The molecule has 3 heteroatoms. The molecule has 0 saturated carbocycles. The Labute approximate surface area is 88.5 Å². The first-order valence-electron chi connectivity index (χ1n) is 4.90. The minimum absolute atomic E-state index is 0.0660. The number of hydrogen-bond acceptors (Lipinski definition) is 3. The van der Waals surface area contributed by atoms with Gasteiger partial charge in [0, 0.05) is 24.3 Å². The summed E-state index contributed by atoms with van der Waals surface area (Å²) in [5, 5.41) is 2.08.